The minimum atomic E-state index is -0.335. The van der Waals surface area contributed by atoms with E-state index in [4.69, 9.17) is 14.5 Å². The molecule has 2 fully saturated rings. The molecule has 8 heteroatoms. The number of likely N-dealkylation sites (tertiary alicyclic amines) is 1. The van der Waals surface area contributed by atoms with Gasteiger partial charge < -0.3 is 19.3 Å². The molecule has 0 saturated carbocycles. The van der Waals surface area contributed by atoms with Crippen LogP contribution in [0.1, 0.15) is 57.2 Å². The van der Waals surface area contributed by atoms with Gasteiger partial charge in [0.1, 0.15) is 18.6 Å². The molecule has 3 aliphatic heterocycles. The van der Waals surface area contributed by atoms with Gasteiger partial charge in [0.15, 0.2) is 0 Å². The quantitative estimate of drug-likeness (QED) is 0.351. The first-order valence-electron chi connectivity index (χ1n) is 14.7. The van der Waals surface area contributed by atoms with Crippen molar-refractivity contribution in [2.24, 2.45) is 0 Å². The van der Waals surface area contributed by atoms with Gasteiger partial charge in [-0.1, -0.05) is 24.3 Å². The van der Waals surface area contributed by atoms with Gasteiger partial charge in [0, 0.05) is 66.3 Å². The van der Waals surface area contributed by atoms with E-state index in [2.05, 4.69) is 58.9 Å². The molecule has 0 N–H and O–H groups in total. The fourth-order valence-corrected chi connectivity index (χ4v) is 6.34. The summed E-state index contributed by atoms with van der Waals surface area (Å²) >= 11 is 0. The van der Waals surface area contributed by atoms with Crippen LogP contribution in [0.2, 0.25) is 0 Å². The molecule has 2 saturated heterocycles. The number of para-hydroxylation sites is 1. The third-order valence-corrected chi connectivity index (χ3v) is 8.72. The molecule has 7 nitrogen and oxygen atoms in total. The first kappa shape index (κ1) is 27.0. The third kappa shape index (κ3) is 5.65. The molecular formula is C32H40FN5O2. The fourth-order valence-electron chi connectivity index (χ4n) is 6.34. The van der Waals surface area contributed by atoms with E-state index in [0.717, 1.165) is 67.7 Å². The van der Waals surface area contributed by atoms with Crippen LogP contribution in [0.4, 0.5) is 4.39 Å². The van der Waals surface area contributed by atoms with E-state index in [0.29, 0.717) is 42.8 Å². The van der Waals surface area contributed by atoms with Gasteiger partial charge in [-0.2, -0.15) is 0 Å². The Morgan fingerprint density at radius 1 is 1.05 bits per heavy atom. The van der Waals surface area contributed by atoms with Crippen molar-refractivity contribution in [1.29, 1.82) is 0 Å². The molecule has 3 atom stereocenters. The van der Waals surface area contributed by atoms with Crippen molar-refractivity contribution in [2.45, 2.75) is 76.9 Å². The van der Waals surface area contributed by atoms with Gasteiger partial charge in [0.25, 0.3) is 0 Å². The van der Waals surface area contributed by atoms with Crippen LogP contribution in [0.3, 0.4) is 0 Å². The minimum absolute atomic E-state index is 0.329. The zero-order valence-corrected chi connectivity index (χ0v) is 23.7. The third-order valence-electron chi connectivity index (χ3n) is 8.72. The van der Waals surface area contributed by atoms with Crippen molar-refractivity contribution in [3.05, 3.63) is 78.1 Å². The predicted molar refractivity (Wildman–Crippen MR) is 154 cm³/mol. The summed E-state index contributed by atoms with van der Waals surface area (Å²) in [5, 5.41) is 0.771. The fraction of sp³-hybridized carbons (Fsp3) is 0.500. The lowest BCUT2D eigenvalue weighted by molar-refractivity contribution is -0.0775. The van der Waals surface area contributed by atoms with Gasteiger partial charge >= 0.3 is 0 Å². The zero-order valence-electron chi connectivity index (χ0n) is 23.7. The number of fused-ring (bicyclic) bond motifs is 1. The molecule has 0 amide bonds. The molecular weight excluding hydrogens is 505 g/mol. The van der Waals surface area contributed by atoms with Crippen molar-refractivity contribution < 1.29 is 13.9 Å². The Labute approximate surface area is 236 Å². The smallest absolute Gasteiger partial charge is 0.213 e. The number of halogens is 1. The molecule has 40 heavy (non-hydrogen) atoms. The van der Waals surface area contributed by atoms with Crippen LogP contribution >= 0.6 is 0 Å². The largest absolute Gasteiger partial charge is 0.473 e. The average Bonchev–Trinajstić information content (AvgIpc) is 3.37. The summed E-state index contributed by atoms with van der Waals surface area (Å²) in [5.74, 6) is 0.695. The number of ether oxygens (including phenoxy) is 2. The molecule has 2 aromatic heterocycles. The van der Waals surface area contributed by atoms with Crippen LogP contribution in [-0.2, 0) is 11.3 Å². The summed E-state index contributed by atoms with van der Waals surface area (Å²) < 4.78 is 25.5. The molecule has 6 rings (SSSR count). The lowest BCUT2D eigenvalue weighted by Gasteiger charge is -2.46. The maximum absolute atomic E-state index is 13.6. The minimum Gasteiger partial charge on any atom is -0.473 e. The summed E-state index contributed by atoms with van der Waals surface area (Å²) in [4.78, 5) is 16.8. The van der Waals surface area contributed by atoms with Crippen molar-refractivity contribution in [3.8, 4) is 5.88 Å². The van der Waals surface area contributed by atoms with Crippen LogP contribution in [0.15, 0.2) is 61.1 Å². The molecule has 0 aliphatic carbocycles. The van der Waals surface area contributed by atoms with Crippen LogP contribution in [0, 0.1) is 5.82 Å². The van der Waals surface area contributed by atoms with Crippen molar-refractivity contribution >= 4 is 10.9 Å². The van der Waals surface area contributed by atoms with Crippen molar-refractivity contribution in [3.63, 3.8) is 0 Å². The topological polar surface area (TPSA) is 54.0 Å². The number of nitrogens with zero attached hydrogens (tertiary/aromatic N) is 5. The highest BCUT2D eigenvalue weighted by Gasteiger charge is 2.38. The van der Waals surface area contributed by atoms with Gasteiger partial charge in [0.05, 0.1) is 17.8 Å². The SMILES string of the molecule is CC(C)N1C=CN(C[C@@H]2CCO2)C1[C@H](C)N1CCC(c2cccc(OCc3cccc4cc(F)cnc34)n2)CC1. The van der Waals surface area contributed by atoms with Gasteiger partial charge in [0.2, 0.25) is 5.88 Å². The number of hydrogen-bond acceptors (Lipinski definition) is 7. The molecule has 212 valence electrons. The molecule has 3 aliphatic rings. The molecule has 5 heterocycles. The molecule has 0 spiro atoms. The number of rotatable bonds is 9. The molecule has 0 radical (unpaired) electrons. The number of aromatic nitrogens is 2. The standard InChI is InChI=1S/C32H40FN5O2/c1-22(2)38-16-15-37(20-28-12-17-39-28)32(38)23(3)36-13-10-24(11-14-36)29-8-5-9-30(35-29)40-21-26-7-4-6-25-18-27(33)19-34-31(25)26/h4-9,15-16,18-19,22-24,28,32H,10-14,17,20-21H2,1-3H3/t23-,28-,32?/m0/s1. The highest BCUT2D eigenvalue weighted by Crippen LogP contribution is 2.32. The maximum Gasteiger partial charge on any atom is 0.213 e. The summed E-state index contributed by atoms with van der Waals surface area (Å²) in [6.45, 7) is 11.2. The second-order valence-corrected chi connectivity index (χ2v) is 11.6. The molecule has 3 aromatic rings. The number of pyridine rings is 2. The summed E-state index contributed by atoms with van der Waals surface area (Å²) in [5.41, 5.74) is 2.77. The summed E-state index contributed by atoms with van der Waals surface area (Å²) in [6.07, 6.45) is 9.78. The number of piperidine rings is 1. The van der Waals surface area contributed by atoms with Crippen LogP contribution in [0.25, 0.3) is 10.9 Å². The van der Waals surface area contributed by atoms with Crippen LogP contribution in [-0.4, -0.2) is 75.3 Å². The van der Waals surface area contributed by atoms with E-state index >= 15 is 0 Å². The van der Waals surface area contributed by atoms with Gasteiger partial charge in [-0.3, -0.25) is 9.88 Å². The van der Waals surface area contributed by atoms with E-state index in [1.807, 2.05) is 30.3 Å². The Hall–Kier alpha value is -3.23. The molecule has 1 aromatic carbocycles. The Balaban J connectivity index is 1.07. The van der Waals surface area contributed by atoms with Gasteiger partial charge in [-0.25, -0.2) is 9.37 Å². The van der Waals surface area contributed by atoms with Crippen LogP contribution < -0.4 is 4.74 Å². The average molecular weight is 546 g/mol. The monoisotopic (exact) mass is 545 g/mol. The summed E-state index contributed by atoms with van der Waals surface area (Å²) in [7, 11) is 0. The first-order valence-corrected chi connectivity index (χ1v) is 14.7. The van der Waals surface area contributed by atoms with E-state index in [1.54, 1.807) is 0 Å². The molecule has 0 bridgehead atoms. The lowest BCUT2D eigenvalue weighted by atomic mass is 9.92. The zero-order chi connectivity index (χ0) is 27.6. The van der Waals surface area contributed by atoms with Gasteiger partial charge in [-0.05, 0) is 65.3 Å². The highest BCUT2D eigenvalue weighted by atomic mass is 19.1. The highest BCUT2D eigenvalue weighted by molar-refractivity contribution is 5.81. The second-order valence-electron chi connectivity index (χ2n) is 11.6. The Kier molecular flexibility index (Phi) is 7.89. The lowest BCUT2D eigenvalue weighted by Crippen LogP contribution is -2.57. The van der Waals surface area contributed by atoms with E-state index in [-0.39, 0.29) is 5.82 Å². The summed E-state index contributed by atoms with van der Waals surface area (Å²) in [6, 6.07) is 14.2. The van der Waals surface area contributed by atoms with Crippen molar-refractivity contribution in [1.82, 2.24) is 24.7 Å². The van der Waals surface area contributed by atoms with E-state index in [9.17, 15) is 4.39 Å². The molecule has 1 unspecified atom stereocenters. The first-order chi connectivity index (χ1) is 19.5. The van der Waals surface area contributed by atoms with Crippen molar-refractivity contribution in [2.75, 3.05) is 26.2 Å². The van der Waals surface area contributed by atoms with E-state index in [1.165, 1.54) is 12.3 Å². The Morgan fingerprint density at radius 2 is 1.85 bits per heavy atom. The Bertz CT molecular complexity index is 1340. The predicted octanol–water partition coefficient (Wildman–Crippen LogP) is 5.53. The number of hydrogen-bond donors (Lipinski definition) is 0. The number of benzene rings is 1. The normalized spacial score (nSPS) is 22.7. The van der Waals surface area contributed by atoms with Gasteiger partial charge in [-0.15, -0.1) is 0 Å². The van der Waals surface area contributed by atoms with Crippen LogP contribution in [0.5, 0.6) is 5.88 Å². The maximum atomic E-state index is 13.6. The second kappa shape index (κ2) is 11.7. The Morgan fingerprint density at radius 3 is 2.60 bits per heavy atom. The van der Waals surface area contributed by atoms with E-state index < -0.39 is 0 Å².